The van der Waals surface area contributed by atoms with Gasteiger partial charge in [0.15, 0.2) is 0 Å². The van der Waals surface area contributed by atoms with Gasteiger partial charge in [-0.3, -0.25) is 0 Å². The second kappa shape index (κ2) is 10.4. The van der Waals surface area contributed by atoms with E-state index in [2.05, 4.69) is 158 Å². The highest BCUT2D eigenvalue weighted by Crippen LogP contribution is 2.47. The zero-order chi connectivity index (χ0) is 32.8. The molecule has 0 atom stereocenters. The van der Waals surface area contributed by atoms with Crippen LogP contribution in [0.3, 0.4) is 0 Å². The average molecular weight is 637 g/mol. The Morgan fingerprint density at radius 3 is 1.40 bits per heavy atom. The van der Waals surface area contributed by atoms with Gasteiger partial charge < -0.3 is 8.83 Å². The predicted octanol–water partition coefficient (Wildman–Crippen LogP) is 13.9. The van der Waals surface area contributed by atoms with Gasteiger partial charge in [-0.2, -0.15) is 0 Å². The van der Waals surface area contributed by atoms with Crippen LogP contribution >= 0.6 is 0 Å². The van der Waals surface area contributed by atoms with Crippen molar-refractivity contribution in [2.75, 3.05) is 0 Å². The van der Waals surface area contributed by atoms with E-state index >= 15 is 0 Å². The van der Waals surface area contributed by atoms with Gasteiger partial charge in [0, 0.05) is 21.5 Å². The van der Waals surface area contributed by atoms with E-state index in [-0.39, 0.29) is 0 Å². The number of hydrogen-bond acceptors (Lipinski definition) is 2. The number of furan rings is 2. The lowest BCUT2D eigenvalue weighted by Crippen LogP contribution is -1.91. The molecule has 11 aromatic rings. The van der Waals surface area contributed by atoms with E-state index in [0.29, 0.717) is 0 Å². The molecule has 50 heavy (non-hydrogen) atoms. The third-order valence-electron chi connectivity index (χ3n) is 10.5. The average Bonchev–Trinajstić information content (AvgIpc) is 3.76. The second-order valence-corrected chi connectivity index (χ2v) is 13.1. The summed E-state index contributed by atoms with van der Waals surface area (Å²) in [7, 11) is 0. The molecule has 2 aromatic heterocycles. The third-order valence-corrected chi connectivity index (χ3v) is 10.5. The van der Waals surface area contributed by atoms with Crippen LogP contribution in [0.4, 0.5) is 0 Å². The van der Waals surface area contributed by atoms with E-state index < -0.39 is 0 Å². The lowest BCUT2D eigenvalue weighted by molar-refractivity contribution is 0.665. The second-order valence-electron chi connectivity index (χ2n) is 13.1. The number of para-hydroxylation sites is 1. The highest BCUT2D eigenvalue weighted by Gasteiger charge is 2.22. The molecule has 0 fully saturated rings. The molecule has 2 nitrogen and oxygen atoms in total. The van der Waals surface area contributed by atoms with Gasteiger partial charge in [-0.05, 0) is 78.5 Å². The maximum atomic E-state index is 6.84. The summed E-state index contributed by atoms with van der Waals surface area (Å²) in [6.45, 7) is 0. The Kier molecular flexibility index (Phi) is 5.70. The lowest BCUT2D eigenvalue weighted by atomic mass is 9.85. The van der Waals surface area contributed by atoms with Gasteiger partial charge >= 0.3 is 0 Å². The quantitative estimate of drug-likeness (QED) is 0.180. The van der Waals surface area contributed by atoms with Crippen LogP contribution in [0.1, 0.15) is 0 Å². The summed E-state index contributed by atoms with van der Waals surface area (Å²) < 4.78 is 13.4. The summed E-state index contributed by atoms with van der Waals surface area (Å²) in [5.74, 6) is 0. The van der Waals surface area contributed by atoms with Gasteiger partial charge in [0.05, 0.1) is 5.39 Å². The van der Waals surface area contributed by atoms with Crippen LogP contribution in [0.25, 0.3) is 110 Å². The van der Waals surface area contributed by atoms with E-state index in [4.69, 9.17) is 8.83 Å². The monoisotopic (exact) mass is 636 g/mol. The van der Waals surface area contributed by atoms with E-state index in [1.54, 1.807) is 0 Å². The fourth-order valence-electron chi connectivity index (χ4n) is 8.27. The van der Waals surface area contributed by atoms with Crippen LogP contribution in [-0.4, -0.2) is 0 Å². The van der Waals surface area contributed by atoms with Crippen LogP contribution in [0.5, 0.6) is 0 Å². The highest BCUT2D eigenvalue weighted by molar-refractivity contribution is 6.34. The predicted molar refractivity (Wildman–Crippen MR) is 210 cm³/mol. The topological polar surface area (TPSA) is 26.3 Å². The first-order valence-electron chi connectivity index (χ1n) is 17.1. The molecular formula is C48H28O2. The molecule has 0 bridgehead atoms. The molecule has 0 aliphatic rings. The molecule has 0 aliphatic carbocycles. The SMILES string of the molecule is c1ccc(-c2ccc(-c3c4ccccc4c(-c4ccc5c(c4)oc4c6ccccc6c6c7ccccc7oc6c54)c4ccccc34)cc2)cc1. The van der Waals surface area contributed by atoms with Crippen LogP contribution in [0, 0.1) is 0 Å². The summed E-state index contributed by atoms with van der Waals surface area (Å²) in [4.78, 5) is 0. The molecule has 0 unspecified atom stereocenters. The largest absolute Gasteiger partial charge is 0.455 e. The lowest BCUT2D eigenvalue weighted by Gasteiger charge is -2.18. The molecule has 11 rings (SSSR count). The van der Waals surface area contributed by atoms with Gasteiger partial charge in [0.1, 0.15) is 22.3 Å². The third kappa shape index (κ3) is 3.85. The first-order valence-corrected chi connectivity index (χ1v) is 17.1. The van der Waals surface area contributed by atoms with Crippen molar-refractivity contribution in [3.8, 4) is 33.4 Å². The zero-order valence-electron chi connectivity index (χ0n) is 27.0. The maximum Gasteiger partial charge on any atom is 0.147 e. The number of rotatable bonds is 3. The van der Waals surface area contributed by atoms with Gasteiger partial charge in [0.25, 0.3) is 0 Å². The summed E-state index contributed by atoms with van der Waals surface area (Å²) in [5.41, 5.74) is 10.7. The Morgan fingerprint density at radius 2 is 0.720 bits per heavy atom. The van der Waals surface area contributed by atoms with Crippen LogP contribution in [-0.2, 0) is 0 Å². The van der Waals surface area contributed by atoms with E-state index in [1.165, 1.54) is 49.4 Å². The van der Waals surface area contributed by atoms with Crippen molar-refractivity contribution in [3.05, 3.63) is 170 Å². The fourth-order valence-corrected chi connectivity index (χ4v) is 8.27. The molecule has 2 heteroatoms. The molecule has 0 saturated heterocycles. The summed E-state index contributed by atoms with van der Waals surface area (Å²) >= 11 is 0. The Hall–Kier alpha value is -6.64. The summed E-state index contributed by atoms with van der Waals surface area (Å²) in [6, 6.07) is 60.7. The van der Waals surface area contributed by atoms with Crippen LogP contribution < -0.4 is 0 Å². The molecule has 0 spiro atoms. The van der Waals surface area contributed by atoms with Gasteiger partial charge in [0.2, 0.25) is 0 Å². The molecule has 0 saturated carbocycles. The molecule has 9 aromatic carbocycles. The van der Waals surface area contributed by atoms with Crippen molar-refractivity contribution in [1.82, 2.24) is 0 Å². The van der Waals surface area contributed by atoms with Crippen molar-refractivity contribution in [2.45, 2.75) is 0 Å². The number of hydrogen-bond donors (Lipinski definition) is 0. The van der Waals surface area contributed by atoms with Crippen LogP contribution in [0.15, 0.2) is 179 Å². The van der Waals surface area contributed by atoms with Crippen molar-refractivity contribution in [3.63, 3.8) is 0 Å². The van der Waals surface area contributed by atoms with E-state index in [9.17, 15) is 0 Å². The number of fused-ring (bicyclic) bond motifs is 12. The van der Waals surface area contributed by atoms with Gasteiger partial charge in [-0.15, -0.1) is 0 Å². The Labute approximate surface area is 287 Å². The molecule has 0 radical (unpaired) electrons. The Balaban J connectivity index is 1.17. The normalized spacial score (nSPS) is 12.0. The first-order chi connectivity index (χ1) is 24.8. The molecule has 0 aliphatic heterocycles. The Bertz CT molecular complexity index is 3070. The van der Waals surface area contributed by atoms with Gasteiger partial charge in [-0.1, -0.05) is 152 Å². The van der Waals surface area contributed by atoms with Crippen molar-refractivity contribution < 1.29 is 8.83 Å². The molecule has 0 amide bonds. The fraction of sp³-hybridized carbons (Fsp3) is 0. The Morgan fingerprint density at radius 1 is 0.260 bits per heavy atom. The number of benzene rings is 9. The zero-order valence-corrected chi connectivity index (χ0v) is 27.0. The standard InChI is InChI=1S/C48H28O2/c1-2-12-29(13-3-1)30-22-24-31(25-23-30)43-33-14-4-6-16-35(33)44(36-17-7-5-15-34(36)43)32-26-27-40-42(28-32)50-47-38-19-9-8-18-37(38)45-39-20-10-11-21-41(39)49-48(45)46(40)47/h1-28H. The first kappa shape index (κ1) is 27.3. The molecule has 0 N–H and O–H groups in total. The minimum Gasteiger partial charge on any atom is -0.455 e. The van der Waals surface area contributed by atoms with Crippen molar-refractivity contribution >= 4 is 76.2 Å². The van der Waals surface area contributed by atoms with Crippen molar-refractivity contribution in [2.24, 2.45) is 0 Å². The highest BCUT2D eigenvalue weighted by atomic mass is 16.3. The minimum absolute atomic E-state index is 0.851. The summed E-state index contributed by atoms with van der Waals surface area (Å²) in [6.07, 6.45) is 0. The van der Waals surface area contributed by atoms with Gasteiger partial charge in [-0.25, -0.2) is 0 Å². The molecule has 232 valence electrons. The summed E-state index contributed by atoms with van der Waals surface area (Å²) in [5, 5.41) is 11.5. The van der Waals surface area contributed by atoms with E-state index in [1.807, 2.05) is 12.1 Å². The molecular weight excluding hydrogens is 609 g/mol. The maximum absolute atomic E-state index is 6.84. The van der Waals surface area contributed by atoms with Crippen molar-refractivity contribution in [1.29, 1.82) is 0 Å². The van der Waals surface area contributed by atoms with E-state index in [0.717, 1.165) is 60.2 Å². The molecule has 2 heterocycles. The van der Waals surface area contributed by atoms with Crippen LogP contribution in [0.2, 0.25) is 0 Å². The minimum atomic E-state index is 0.851. The smallest absolute Gasteiger partial charge is 0.147 e.